The molecule has 4 rings (SSSR count). The predicted octanol–water partition coefficient (Wildman–Crippen LogP) is 3.83. The summed E-state index contributed by atoms with van der Waals surface area (Å²) in [5, 5.41) is 7.64. The van der Waals surface area contributed by atoms with Crippen molar-refractivity contribution in [2.24, 2.45) is 7.05 Å². The highest BCUT2D eigenvalue weighted by Crippen LogP contribution is 2.28. The molecule has 0 aliphatic carbocycles. The second-order valence-electron chi connectivity index (χ2n) is 6.59. The third kappa shape index (κ3) is 4.61. The first-order chi connectivity index (χ1) is 14.5. The standard InChI is InChI=1S/C20H19BrN6O2S/c1-27-9-8-13-6-7-15(10-18(13)27)24-20-22-12-16(21)19(26-20)25-17-5-3-2-4-14(17)11-23-30(28)29/h2-10,12,30H,11H2,1H3,(H,23,28,29)(H2,22,24,25,26). The van der Waals surface area contributed by atoms with Gasteiger partial charge in [0.2, 0.25) is 16.8 Å². The maximum atomic E-state index is 10.9. The number of thiol groups is 1. The third-order valence-electron chi connectivity index (χ3n) is 4.56. The number of hydrogen-bond donors (Lipinski definition) is 4. The summed E-state index contributed by atoms with van der Waals surface area (Å²) in [6.07, 6.45) is 3.68. The zero-order chi connectivity index (χ0) is 21.1. The average Bonchev–Trinajstić information content (AvgIpc) is 3.10. The lowest BCUT2D eigenvalue weighted by molar-refractivity contribution is 0.601. The maximum Gasteiger partial charge on any atom is 0.229 e. The Morgan fingerprint density at radius 2 is 1.93 bits per heavy atom. The van der Waals surface area contributed by atoms with Crippen molar-refractivity contribution < 1.29 is 8.42 Å². The van der Waals surface area contributed by atoms with Crippen molar-refractivity contribution in [2.45, 2.75) is 6.54 Å². The summed E-state index contributed by atoms with van der Waals surface area (Å²) in [7, 11) is -0.672. The highest BCUT2D eigenvalue weighted by Gasteiger charge is 2.09. The lowest BCUT2D eigenvalue weighted by Gasteiger charge is -2.13. The number of anilines is 4. The molecule has 0 atom stereocenters. The Morgan fingerprint density at radius 1 is 1.10 bits per heavy atom. The topological polar surface area (TPSA) is 101 Å². The fraction of sp³-hybridized carbons (Fsp3) is 0.100. The molecule has 0 fully saturated rings. The van der Waals surface area contributed by atoms with Crippen LogP contribution >= 0.6 is 15.9 Å². The van der Waals surface area contributed by atoms with Crippen LogP contribution < -0.4 is 15.4 Å². The van der Waals surface area contributed by atoms with Crippen LogP contribution in [0.4, 0.5) is 23.1 Å². The van der Waals surface area contributed by atoms with Crippen molar-refractivity contribution in [2.75, 3.05) is 10.6 Å². The molecule has 0 radical (unpaired) electrons. The number of benzene rings is 2. The van der Waals surface area contributed by atoms with Crippen LogP contribution in [0.5, 0.6) is 0 Å². The van der Waals surface area contributed by atoms with Gasteiger partial charge in [0.1, 0.15) is 5.82 Å². The van der Waals surface area contributed by atoms with Gasteiger partial charge in [-0.15, -0.1) is 0 Å². The normalized spacial score (nSPS) is 11.2. The molecule has 154 valence electrons. The van der Waals surface area contributed by atoms with Crippen molar-refractivity contribution in [3.8, 4) is 0 Å². The molecule has 0 aliphatic rings. The Hall–Kier alpha value is -2.95. The molecular formula is C20H19BrN6O2S. The molecule has 0 aliphatic heterocycles. The summed E-state index contributed by atoms with van der Waals surface area (Å²) >= 11 is 3.47. The minimum Gasteiger partial charge on any atom is -0.350 e. The minimum atomic E-state index is -2.67. The number of nitrogens with zero attached hydrogens (tertiary/aromatic N) is 3. The van der Waals surface area contributed by atoms with Crippen LogP contribution in [0.15, 0.2) is 65.4 Å². The second-order valence-corrected chi connectivity index (χ2v) is 8.27. The first-order valence-corrected chi connectivity index (χ1v) is 11.0. The van der Waals surface area contributed by atoms with E-state index in [1.807, 2.05) is 55.7 Å². The average molecular weight is 487 g/mol. The Balaban J connectivity index is 1.58. The van der Waals surface area contributed by atoms with Crippen LogP contribution in [0.1, 0.15) is 5.56 Å². The van der Waals surface area contributed by atoms with Crippen LogP contribution in [-0.4, -0.2) is 23.0 Å². The van der Waals surface area contributed by atoms with Crippen molar-refractivity contribution in [1.29, 1.82) is 0 Å². The molecule has 0 unspecified atom stereocenters. The molecular weight excluding hydrogens is 468 g/mol. The van der Waals surface area contributed by atoms with Crippen LogP contribution in [-0.2, 0) is 24.5 Å². The van der Waals surface area contributed by atoms with Crippen LogP contribution in [0.3, 0.4) is 0 Å². The van der Waals surface area contributed by atoms with Gasteiger partial charge >= 0.3 is 0 Å². The number of para-hydroxylation sites is 1. The molecule has 0 saturated heterocycles. The van der Waals surface area contributed by atoms with Crippen molar-refractivity contribution >= 4 is 60.9 Å². The summed E-state index contributed by atoms with van der Waals surface area (Å²) in [4.78, 5) is 8.90. The van der Waals surface area contributed by atoms with E-state index >= 15 is 0 Å². The van der Waals surface area contributed by atoms with E-state index in [0.29, 0.717) is 16.2 Å². The van der Waals surface area contributed by atoms with E-state index in [1.165, 1.54) is 0 Å². The maximum absolute atomic E-state index is 10.9. The second kappa shape index (κ2) is 8.82. The van der Waals surface area contributed by atoms with Crippen LogP contribution in [0.2, 0.25) is 0 Å². The fourth-order valence-corrected chi connectivity index (χ4v) is 3.65. The summed E-state index contributed by atoms with van der Waals surface area (Å²) in [6, 6.07) is 15.5. The van der Waals surface area contributed by atoms with E-state index in [4.69, 9.17) is 0 Å². The molecule has 2 aromatic carbocycles. The first-order valence-electron chi connectivity index (χ1n) is 9.07. The SMILES string of the molecule is Cn1ccc2ccc(Nc3ncc(Br)c(Nc4ccccc4CN[SH](=O)=O)n3)cc21. The highest BCUT2D eigenvalue weighted by molar-refractivity contribution is 9.10. The quantitative estimate of drug-likeness (QED) is 0.296. The van der Waals surface area contributed by atoms with Gasteiger partial charge in [-0.3, -0.25) is 0 Å². The van der Waals surface area contributed by atoms with Gasteiger partial charge in [0.15, 0.2) is 0 Å². The molecule has 0 saturated carbocycles. The Kier molecular flexibility index (Phi) is 5.98. The van der Waals surface area contributed by atoms with Gasteiger partial charge in [-0.2, -0.15) is 4.98 Å². The van der Waals surface area contributed by atoms with Gasteiger partial charge in [-0.1, -0.05) is 24.3 Å². The van der Waals surface area contributed by atoms with E-state index in [-0.39, 0.29) is 6.54 Å². The number of hydrogen-bond acceptors (Lipinski definition) is 6. The number of aryl methyl sites for hydroxylation is 1. The van der Waals surface area contributed by atoms with Gasteiger partial charge in [0, 0.05) is 42.9 Å². The van der Waals surface area contributed by atoms with Crippen molar-refractivity contribution in [3.05, 3.63) is 71.0 Å². The van der Waals surface area contributed by atoms with Crippen LogP contribution in [0, 0.1) is 0 Å². The Morgan fingerprint density at radius 3 is 2.77 bits per heavy atom. The number of halogens is 1. The monoisotopic (exact) mass is 486 g/mol. The first kappa shape index (κ1) is 20.3. The zero-order valence-electron chi connectivity index (χ0n) is 16.0. The molecule has 2 heterocycles. The minimum absolute atomic E-state index is 0.187. The Bertz CT molecular complexity index is 1280. The zero-order valence-corrected chi connectivity index (χ0v) is 18.4. The van der Waals surface area contributed by atoms with Gasteiger partial charge in [0.05, 0.1) is 4.47 Å². The summed E-state index contributed by atoms with van der Waals surface area (Å²) in [5.74, 6) is 0.999. The lowest BCUT2D eigenvalue weighted by atomic mass is 10.2. The molecule has 4 aromatic rings. The number of rotatable bonds is 7. The molecule has 30 heavy (non-hydrogen) atoms. The molecule has 0 bridgehead atoms. The van der Waals surface area contributed by atoms with Crippen molar-refractivity contribution in [3.63, 3.8) is 0 Å². The van der Waals surface area contributed by atoms with Gasteiger partial charge in [-0.05, 0) is 51.1 Å². The van der Waals surface area contributed by atoms with E-state index in [2.05, 4.69) is 51.9 Å². The molecule has 2 aromatic heterocycles. The van der Waals surface area contributed by atoms with E-state index < -0.39 is 10.9 Å². The third-order valence-corrected chi connectivity index (χ3v) is 5.55. The molecule has 0 amide bonds. The largest absolute Gasteiger partial charge is 0.350 e. The lowest BCUT2D eigenvalue weighted by Crippen LogP contribution is -2.12. The molecule has 10 heteroatoms. The number of fused-ring (bicyclic) bond motifs is 1. The van der Waals surface area contributed by atoms with E-state index in [0.717, 1.165) is 27.8 Å². The molecule has 8 nitrogen and oxygen atoms in total. The van der Waals surface area contributed by atoms with E-state index in [1.54, 1.807) is 6.20 Å². The van der Waals surface area contributed by atoms with E-state index in [9.17, 15) is 8.42 Å². The predicted molar refractivity (Wildman–Crippen MR) is 123 cm³/mol. The van der Waals surface area contributed by atoms with Gasteiger partial charge < -0.3 is 15.2 Å². The highest BCUT2D eigenvalue weighted by atomic mass is 79.9. The fourth-order valence-electron chi connectivity index (χ4n) is 3.06. The van der Waals surface area contributed by atoms with Crippen molar-refractivity contribution in [1.82, 2.24) is 19.3 Å². The number of aromatic nitrogens is 3. The van der Waals surface area contributed by atoms with Gasteiger partial charge in [0.25, 0.3) is 0 Å². The number of nitrogens with one attached hydrogen (secondary N) is 3. The smallest absolute Gasteiger partial charge is 0.229 e. The molecule has 0 spiro atoms. The summed E-state index contributed by atoms with van der Waals surface area (Å²) < 4.78 is 26.9. The van der Waals surface area contributed by atoms with Crippen LogP contribution in [0.25, 0.3) is 10.9 Å². The molecule has 3 N–H and O–H groups in total. The van der Waals surface area contributed by atoms with Gasteiger partial charge in [-0.25, -0.2) is 18.1 Å². The summed E-state index contributed by atoms with van der Waals surface area (Å²) in [5.41, 5.74) is 3.53. The Labute approximate surface area is 183 Å². The summed E-state index contributed by atoms with van der Waals surface area (Å²) in [6.45, 7) is 0.187.